The molecule has 0 aliphatic carbocycles. The van der Waals surface area contributed by atoms with Crippen LogP contribution in [0.25, 0.3) is 0 Å². The summed E-state index contributed by atoms with van der Waals surface area (Å²) in [7, 11) is 0. The first-order valence-corrected chi connectivity index (χ1v) is 10.9. The summed E-state index contributed by atoms with van der Waals surface area (Å²) in [6.07, 6.45) is 2.03. The first-order chi connectivity index (χ1) is 14.4. The Morgan fingerprint density at radius 3 is 2.19 bits per heavy atom. The lowest BCUT2D eigenvalue weighted by molar-refractivity contribution is -0.154. The van der Waals surface area contributed by atoms with Gasteiger partial charge >= 0.3 is 12.1 Å². The second-order valence-electron chi connectivity index (χ2n) is 9.93. The predicted molar refractivity (Wildman–Crippen MR) is 119 cm³/mol. The molecule has 1 fully saturated rings. The maximum atomic E-state index is 13.3. The van der Waals surface area contributed by atoms with E-state index in [0.29, 0.717) is 13.0 Å². The Labute approximate surface area is 185 Å². The largest absolute Gasteiger partial charge is 0.459 e. The SMILES string of the molecule is CC(C)(C)OC(=O)CNC(=O)C(c1ccccc1)C1CCCCN1C(=O)OC(C)(C)C. The average molecular weight is 433 g/mol. The number of benzene rings is 1. The maximum Gasteiger partial charge on any atom is 0.410 e. The van der Waals surface area contributed by atoms with E-state index < -0.39 is 29.2 Å². The van der Waals surface area contributed by atoms with Crippen molar-refractivity contribution in [3.8, 4) is 0 Å². The molecule has 2 amide bonds. The number of nitrogens with one attached hydrogen (secondary N) is 1. The Bertz CT molecular complexity index is 764. The Morgan fingerprint density at radius 1 is 1.00 bits per heavy atom. The monoisotopic (exact) mass is 432 g/mol. The second kappa shape index (κ2) is 10.2. The topological polar surface area (TPSA) is 84.9 Å². The van der Waals surface area contributed by atoms with Crippen LogP contribution in [0.1, 0.15) is 72.3 Å². The number of nitrogens with zero attached hydrogens (tertiary/aromatic N) is 1. The summed E-state index contributed by atoms with van der Waals surface area (Å²) in [5, 5.41) is 2.72. The number of amides is 2. The van der Waals surface area contributed by atoms with Crippen molar-refractivity contribution < 1.29 is 23.9 Å². The van der Waals surface area contributed by atoms with Crippen molar-refractivity contribution in [1.82, 2.24) is 10.2 Å². The van der Waals surface area contributed by atoms with Gasteiger partial charge in [-0.3, -0.25) is 9.59 Å². The lowest BCUT2D eigenvalue weighted by Crippen LogP contribution is -2.52. The van der Waals surface area contributed by atoms with Crippen LogP contribution in [0.3, 0.4) is 0 Å². The molecule has 0 spiro atoms. The molecule has 7 heteroatoms. The molecule has 31 heavy (non-hydrogen) atoms. The number of piperidine rings is 1. The van der Waals surface area contributed by atoms with Gasteiger partial charge in [-0.05, 0) is 66.4 Å². The fourth-order valence-corrected chi connectivity index (χ4v) is 3.71. The second-order valence-corrected chi connectivity index (χ2v) is 9.93. The molecule has 2 atom stereocenters. The predicted octanol–water partition coefficient (Wildman–Crippen LogP) is 4.02. The van der Waals surface area contributed by atoms with Gasteiger partial charge in [0.15, 0.2) is 0 Å². The third-order valence-electron chi connectivity index (χ3n) is 4.83. The molecule has 0 aromatic heterocycles. The Kier molecular flexibility index (Phi) is 8.09. The molecule has 1 N–H and O–H groups in total. The van der Waals surface area contributed by atoms with Crippen LogP contribution in [-0.2, 0) is 19.1 Å². The van der Waals surface area contributed by atoms with Crippen molar-refractivity contribution in [3.63, 3.8) is 0 Å². The summed E-state index contributed by atoms with van der Waals surface area (Å²) < 4.78 is 10.9. The molecule has 172 valence electrons. The van der Waals surface area contributed by atoms with Crippen LogP contribution >= 0.6 is 0 Å². The normalized spacial score (nSPS) is 18.1. The molecule has 1 aliphatic rings. The van der Waals surface area contributed by atoms with Crippen LogP contribution in [0.5, 0.6) is 0 Å². The standard InChI is InChI=1S/C24H36N2O5/c1-23(2,3)30-19(27)16-25-21(28)20(17-12-8-7-9-13-17)18-14-10-11-15-26(18)22(29)31-24(4,5)6/h7-9,12-13,18,20H,10-11,14-16H2,1-6H3,(H,25,28). The number of esters is 1. The van der Waals surface area contributed by atoms with Crippen molar-refractivity contribution in [3.05, 3.63) is 35.9 Å². The summed E-state index contributed by atoms with van der Waals surface area (Å²) >= 11 is 0. The van der Waals surface area contributed by atoms with E-state index in [-0.39, 0.29) is 18.5 Å². The van der Waals surface area contributed by atoms with Gasteiger partial charge in [-0.2, -0.15) is 0 Å². The molecular weight excluding hydrogens is 396 g/mol. The smallest absolute Gasteiger partial charge is 0.410 e. The van der Waals surface area contributed by atoms with Gasteiger partial charge in [0.1, 0.15) is 17.7 Å². The number of hydrogen-bond donors (Lipinski definition) is 1. The summed E-state index contributed by atoms with van der Waals surface area (Å²) in [4.78, 5) is 39.9. The first kappa shape index (κ1) is 24.7. The Hall–Kier alpha value is -2.57. The molecule has 1 saturated heterocycles. The van der Waals surface area contributed by atoms with Gasteiger partial charge in [0.05, 0.1) is 12.0 Å². The quantitative estimate of drug-likeness (QED) is 0.711. The van der Waals surface area contributed by atoms with Gasteiger partial charge in [-0.15, -0.1) is 0 Å². The van der Waals surface area contributed by atoms with Crippen molar-refractivity contribution >= 4 is 18.0 Å². The fourth-order valence-electron chi connectivity index (χ4n) is 3.71. The van der Waals surface area contributed by atoms with Crippen LogP contribution in [0.2, 0.25) is 0 Å². The highest BCUT2D eigenvalue weighted by molar-refractivity contribution is 5.88. The van der Waals surface area contributed by atoms with Crippen molar-refractivity contribution in [2.75, 3.05) is 13.1 Å². The van der Waals surface area contributed by atoms with E-state index in [1.807, 2.05) is 51.1 Å². The molecule has 0 radical (unpaired) electrons. The maximum absolute atomic E-state index is 13.3. The van der Waals surface area contributed by atoms with Crippen LogP contribution in [0.4, 0.5) is 4.79 Å². The molecule has 1 heterocycles. The summed E-state index contributed by atoms with van der Waals surface area (Å²) in [6.45, 7) is 11.1. The summed E-state index contributed by atoms with van der Waals surface area (Å²) in [5.74, 6) is -1.42. The molecule has 7 nitrogen and oxygen atoms in total. The van der Waals surface area contributed by atoms with E-state index in [0.717, 1.165) is 18.4 Å². The average Bonchev–Trinajstić information content (AvgIpc) is 2.65. The van der Waals surface area contributed by atoms with E-state index in [9.17, 15) is 14.4 Å². The molecular formula is C24H36N2O5. The highest BCUT2D eigenvalue weighted by Gasteiger charge is 2.39. The van der Waals surface area contributed by atoms with Crippen LogP contribution in [0, 0.1) is 0 Å². The molecule has 2 unspecified atom stereocenters. The highest BCUT2D eigenvalue weighted by atomic mass is 16.6. The fraction of sp³-hybridized carbons (Fsp3) is 0.625. The van der Waals surface area contributed by atoms with Gasteiger partial charge in [0, 0.05) is 6.54 Å². The zero-order valence-electron chi connectivity index (χ0n) is 19.6. The van der Waals surface area contributed by atoms with Gasteiger partial charge in [0.25, 0.3) is 0 Å². The van der Waals surface area contributed by atoms with Gasteiger partial charge in [-0.25, -0.2) is 4.79 Å². The number of carbonyl (C=O) groups excluding carboxylic acids is 3. The lowest BCUT2D eigenvalue weighted by Gasteiger charge is -2.40. The van der Waals surface area contributed by atoms with Gasteiger partial charge < -0.3 is 19.7 Å². The van der Waals surface area contributed by atoms with Crippen molar-refractivity contribution in [2.24, 2.45) is 0 Å². The minimum atomic E-state index is -0.627. The van der Waals surface area contributed by atoms with Crippen LogP contribution in [-0.4, -0.2) is 53.2 Å². The summed E-state index contributed by atoms with van der Waals surface area (Å²) in [6, 6.07) is 9.00. The molecule has 2 rings (SSSR count). The number of carbonyl (C=O) groups is 3. The van der Waals surface area contributed by atoms with E-state index >= 15 is 0 Å². The third kappa shape index (κ3) is 7.89. The zero-order valence-corrected chi connectivity index (χ0v) is 19.6. The molecule has 0 saturated carbocycles. The summed E-state index contributed by atoms with van der Waals surface area (Å²) in [5.41, 5.74) is -0.456. The van der Waals surface area contributed by atoms with Crippen LogP contribution < -0.4 is 5.32 Å². The number of ether oxygens (including phenoxy) is 2. The zero-order chi connectivity index (χ0) is 23.2. The Balaban J connectivity index is 2.25. The third-order valence-corrected chi connectivity index (χ3v) is 4.83. The van der Waals surface area contributed by atoms with E-state index in [1.165, 1.54) is 0 Å². The van der Waals surface area contributed by atoms with E-state index in [4.69, 9.17) is 9.47 Å². The number of rotatable bonds is 5. The first-order valence-electron chi connectivity index (χ1n) is 10.9. The minimum Gasteiger partial charge on any atom is -0.459 e. The van der Waals surface area contributed by atoms with Crippen LogP contribution in [0.15, 0.2) is 30.3 Å². The van der Waals surface area contributed by atoms with E-state index in [2.05, 4.69) is 5.32 Å². The molecule has 0 bridgehead atoms. The van der Waals surface area contributed by atoms with Gasteiger partial charge in [-0.1, -0.05) is 30.3 Å². The number of likely N-dealkylation sites (tertiary alicyclic amines) is 1. The van der Waals surface area contributed by atoms with E-state index in [1.54, 1.807) is 25.7 Å². The van der Waals surface area contributed by atoms with Crippen molar-refractivity contribution in [1.29, 1.82) is 0 Å². The number of hydrogen-bond acceptors (Lipinski definition) is 5. The van der Waals surface area contributed by atoms with Crippen molar-refractivity contribution in [2.45, 2.75) is 84.0 Å². The van der Waals surface area contributed by atoms with Gasteiger partial charge in [0.2, 0.25) is 5.91 Å². The minimum absolute atomic E-state index is 0.224. The molecule has 1 aromatic rings. The lowest BCUT2D eigenvalue weighted by atomic mass is 9.84. The molecule has 1 aliphatic heterocycles. The Morgan fingerprint density at radius 2 is 1.61 bits per heavy atom. The highest BCUT2D eigenvalue weighted by Crippen LogP contribution is 2.32. The molecule has 1 aromatic carbocycles.